The van der Waals surface area contributed by atoms with Gasteiger partial charge >= 0.3 is 0 Å². The summed E-state index contributed by atoms with van der Waals surface area (Å²) in [6, 6.07) is 0. The molecule has 4 aliphatic carbocycles. The molecule has 0 aromatic rings. The standard InChI is InChI=1S/C24H40O/c1-5-24-15-12-18-19(22(24)9-8-20(24)17(3)25)11-14-23(4)13-10-16(2)6-7-21(18)23/h17-22,25H,2,5-15H2,1,3-4H3. The van der Waals surface area contributed by atoms with Gasteiger partial charge in [-0.3, -0.25) is 0 Å². The quantitative estimate of drug-likeness (QED) is 0.578. The van der Waals surface area contributed by atoms with Gasteiger partial charge in [0.05, 0.1) is 6.10 Å². The van der Waals surface area contributed by atoms with Gasteiger partial charge in [-0.25, -0.2) is 0 Å². The Hall–Kier alpha value is -0.300. The molecule has 0 aromatic carbocycles. The third-order valence-corrected chi connectivity index (χ3v) is 9.84. The molecule has 0 amide bonds. The molecule has 4 fully saturated rings. The zero-order valence-electron chi connectivity index (χ0n) is 16.9. The highest BCUT2D eigenvalue weighted by Gasteiger charge is 2.60. The molecule has 142 valence electrons. The fourth-order valence-electron chi connectivity index (χ4n) is 8.52. The van der Waals surface area contributed by atoms with Gasteiger partial charge in [0.25, 0.3) is 0 Å². The molecule has 0 saturated heterocycles. The molecule has 0 bridgehead atoms. The maximum atomic E-state index is 10.5. The van der Waals surface area contributed by atoms with Crippen LogP contribution in [0, 0.1) is 40.4 Å². The molecule has 0 radical (unpaired) electrons. The van der Waals surface area contributed by atoms with Gasteiger partial charge in [0.1, 0.15) is 0 Å². The molecule has 25 heavy (non-hydrogen) atoms. The highest BCUT2D eigenvalue weighted by atomic mass is 16.3. The van der Waals surface area contributed by atoms with E-state index in [1.54, 1.807) is 0 Å². The molecular weight excluding hydrogens is 304 g/mol. The second-order valence-electron chi connectivity index (χ2n) is 10.6. The van der Waals surface area contributed by atoms with Crippen LogP contribution in [0.25, 0.3) is 0 Å². The molecule has 4 aliphatic rings. The smallest absolute Gasteiger partial charge is 0.0545 e. The Bertz CT molecular complexity index is 522. The summed E-state index contributed by atoms with van der Waals surface area (Å²) in [4.78, 5) is 0. The molecule has 8 atom stereocenters. The first kappa shape index (κ1) is 18.1. The molecule has 4 saturated carbocycles. The highest BCUT2D eigenvalue weighted by molar-refractivity contribution is 5.11. The average Bonchev–Trinajstić information content (AvgIpc) is 2.91. The Balaban J connectivity index is 1.62. The van der Waals surface area contributed by atoms with E-state index in [-0.39, 0.29) is 6.10 Å². The van der Waals surface area contributed by atoms with Crippen LogP contribution in [0.2, 0.25) is 0 Å². The summed E-state index contributed by atoms with van der Waals surface area (Å²) >= 11 is 0. The predicted octanol–water partition coefficient (Wildman–Crippen LogP) is 6.36. The molecule has 8 unspecified atom stereocenters. The lowest BCUT2D eigenvalue weighted by atomic mass is 9.47. The third-order valence-electron chi connectivity index (χ3n) is 9.84. The minimum absolute atomic E-state index is 0.114. The summed E-state index contributed by atoms with van der Waals surface area (Å²) in [6.07, 6.45) is 14.9. The molecule has 1 heteroatoms. The molecule has 0 aromatic heterocycles. The van der Waals surface area contributed by atoms with Crippen molar-refractivity contribution in [1.82, 2.24) is 0 Å². The van der Waals surface area contributed by atoms with Gasteiger partial charge in [-0.1, -0.05) is 26.0 Å². The van der Waals surface area contributed by atoms with Crippen LogP contribution in [0.1, 0.15) is 91.4 Å². The van der Waals surface area contributed by atoms with Crippen LogP contribution in [-0.2, 0) is 0 Å². The van der Waals surface area contributed by atoms with Gasteiger partial charge in [-0.15, -0.1) is 0 Å². The Morgan fingerprint density at radius 1 is 1.00 bits per heavy atom. The Morgan fingerprint density at radius 3 is 2.44 bits per heavy atom. The van der Waals surface area contributed by atoms with Gasteiger partial charge in [0.2, 0.25) is 0 Å². The number of hydrogen-bond acceptors (Lipinski definition) is 1. The first-order valence-corrected chi connectivity index (χ1v) is 11.3. The number of hydrogen-bond donors (Lipinski definition) is 1. The monoisotopic (exact) mass is 344 g/mol. The summed E-state index contributed by atoms with van der Waals surface area (Å²) in [5.41, 5.74) is 2.55. The summed E-state index contributed by atoms with van der Waals surface area (Å²) < 4.78 is 0. The van der Waals surface area contributed by atoms with Gasteiger partial charge < -0.3 is 5.11 Å². The van der Waals surface area contributed by atoms with Crippen LogP contribution in [0.3, 0.4) is 0 Å². The van der Waals surface area contributed by atoms with Crippen molar-refractivity contribution in [1.29, 1.82) is 0 Å². The minimum atomic E-state index is -0.114. The predicted molar refractivity (Wildman–Crippen MR) is 105 cm³/mol. The van der Waals surface area contributed by atoms with E-state index >= 15 is 0 Å². The lowest BCUT2D eigenvalue weighted by molar-refractivity contribution is -0.103. The molecule has 0 heterocycles. The van der Waals surface area contributed by atoms with E-state index in [0.29, 0.717) is 16.7 Å². The largest absolute Gasteiger partial charge is 0.393 e. The highest BCUT2D eigenvalue weighted by Crippen LogP contribution is 2.67. The first-order chi connectivity index (χ1) is 11.9. The van der Waals surface area contributed by atoms with Crippen molar-refractivity contribution in [2.45, 2.75) is 97.5 Å². The van der Waals surface area contributed by atoms with Crippen LogP contribution < -0.4 is 0 Å². The number of rotatable bonds is 2. The van der Waals surface area contributed by atoms with Crippen molar-refractivity contribution in [3.05, 3.63) is 12.2 Å². The van der Waals surface area contributed by atoms with Crippen LogP contribution in [0.5, 0.6) is 0 Å². The van der Waals surface area contributed by atoms with Crippen molar-refractivity contribution in [3.8, 4) is 0 Å². The molecule has 0 spiro atoms. The molecular formula is C24H40O. The van der Waals surface area contributed by atoms with E-state index in [1.807, 2.05) is 0 Å². The summed E-state index contributed by atoms with van der Waals surface area (Å²) in [5.74, 6) is 4.30. The number of allylic oxidation sites excluding steroid dienone is 1. The molecule has 4 rings (SSSR count). The number of fused-ring (bicyclic) bond motifs is 5. The summed E-state index contributed by atoms with van der Waals surface area (Å²) in [6.45, 7) is 11.4. The first-order valence-electron chi connectivity index (χ1n) is 11.3. The van der Waals surface area contributed by atoms with Gasteiger partial charge in [-0.05, 0) is 118 Å². The van der Waals surface area contributed by atoms with E-state index in [2.05, 4.69) is 27.4 Å². The van der Waals surface area contributed by atoms with E-state index in [0.717, 1.165) is 23.7 Å². The molecule has 1 N–H and O–H groups in total. The van der Waals surface area contributed by atoms with E-state index in [4.69, 9.17) is 0 Å². The molecule has 0 aliphatic heterocycles. The fourth-order valence-corrected chi connectivity index (χ4v) is 8.52. The number of aliphatic hydroxyl groups is 1. The third kappa shape index (κ3) is 2.67. The number of aliphatic hydroxyl groups excluding tert-OH is 1. The average molecular weight is 345 g/mol. The maximum Gasteiger partial charge on any atom is 0.0545 e. The second-order valence-corrected chi connectivity index (χ2v) is 10.6. The van der Waals surface area contributed by atoms with Gasteiger partial charge in [-0.2, -0.15) is 0 Å². The zero-order chi connectivity index (χ0) is 17.8. The van der Waals surface area contributed by atoms with Crippen molar-refractivity contribution in [2.24, 2.45) is 40.4 Å². The zero-order valence-corrected chi connectivity index (χ0v) is 16.9. The minimum Gasteiger partial charge on any atom is -0.393 e. The van der Waals surface area contributed by atoms with Crippen LogP contribution >= 0.6 is 0 Å². The van der Waals surface area contributed by atoms with Gasteiger partial charge in [0.15, 0.2) is 0 Å². The normalized spacial score (nSPS) is 51.2. The van der Waals surface area contributed by atoms with Crippen molar-refractivity contribution >= 4 is 0 Å². The Labute approximate surface area is 155 Å². The lowest BCUT2D eigenvalue weighted by Gasteiger charge is -2.58. The van der Waals surface area contributed by atoms with Crippen molar-refractivity contribution in [3.63, 3.8) is 0 Å². The van der Waals surface area contributed by atoms with Gasteiger partial charge in [0, 0.05) is 0 Å². The summed E-state index contributed by atoms with van der Waals surface area (Å²) in [7, 11) is 0. The lowest BCUT2D eigenvalue weighted by Crippen LogP contribution is -2.51. The fraction of sp³-hybridized carbons (Fsp3) is 0.917. The second kappa shape index (κ2) is 6.39. The topological polar surface area (TPSA) is 20.2 Å². The van der Waals surface area contributed by atoms with E-state index < -0.39 is 0 Å². The van der Waals surface area contributed by atoms with Crippen LogP contribution in [-0.4, -0.2) is 11.2 Å². The molecule has 1 nitrogen and oxygen atoms in total. The Kier molecular flexibility index (Phi) is 4.63. The summed E-state index contributed by atoms with van der Waals surface area (Å²) in [5, 5.41) is 10.5. The van der Waals surface area contributed by atoms with Crippen molar-refractivity contribution in [2.75, 3.05) is 0 Å². The van der Waals surface area contributed by atoms with E-state index in [9.17, 15) is 5.11 Å². The maximum absolute atomic E-state index is 10.5. The van der Waals surface area contributed by atoms with Crippen molar-refractivity contribution < 1.29 is 5.11 Å². The van der Waals surface area contributed by atoms with Crippen LogP contribution in [0.15, 0.2) is 12.2 Å². The Morgan fingerprint density at radius 2 is 1.72 bits per heavy atom. The van der Waals surface area contributed by atoms with Crippen LogP contribution in [0.4, 0.5) is 0 Å². The SMILES string of the molecule is C=C1CCC2C3CCC4(CC)C(C(C)O)CCC4C3CCC2(C)CC1. The van der Waals surface area contributed by atoms with E-state index in [1.165, 1.54) is 76.2 Å².